The fraction of sp³-hybridized carbons (Fsp3) is 0.900. The predicted octanol–water partition coefficient (Wildman–Crippen LogP) is 1.48. The molecule has 1 rings (SSSR count). The largest absolute Gasteiger partial charge is 0.467 e. The smallest absolute Gasteiger partial charge is 0.340 e. The van der Waals surface area contributed by atoms with E-state index < -0.39 is 11.4 Å². The summed E-state index contributed by atoms with van der Waals surface area (Å²) < 4.78 is 16.0. The van der Waals surface area contributed by atoms with Crippen molar-refractivity contribution < 1.29 is 19.0 Å². The van der Waals surface area contributed by atoms with Crippen molar-refractivity contribution in [2.24, 2.45) is 0 Å². The molecule has 0 saturated carbocycles. The summed E-state index contributed by atoms with van der Waals surface area (Å²) in [5.74, 6) is -1.08. The fourth-order valence-electron chi connectivity index (χ4n) is 1.95. The van der Waals surface area contributed by atoms with E-state index in [2.05, 4.69) is 0 Å². The third kappa shape index (κ3) is 1.64. The quantitative estimate of drug-likeness (QED) is 0.636. The van der Waals surface area contributed by atoms with Crippen molar-refractivity contribution in [2.75, 3.05) is 7.11 Å². The molecule has 0 aromatic carbocycles. The van der Waals surface area contributed by atoms with Crippen molar-refractivity contribution in [3.63, 3.8) is 0 Å². The predicted molar refractivity (Wildman–Crippen MR) is 50.7 cm³/mol. The molecule has 0 aromatic heterocycles. The Morgan fingerprint density at radius 2 is 2.07 bits per heavy atom. The summed E-state index contributed by atoms with van der Waals surface area (Å²) in [6.45, 7) is 7.31. The molecule has 1 fully saturated rings. The highest BCUT2D eigenvalue weighted by Gasteiger charge is 2.56. The van der Waals surface area contributed by atoms with Crippen LogP contribution in [0.15, 0.2) is 0 Å². The molecule has 0 N–H and O–H groups in total. The fourth-order valence-corrected chi connectivity index (χ4v) is 1.95. The molecular weight excluding hydrogens is 184 g/mol. The molecule has 0 aromatic rings. The van der Waals surface area contributed by atoms with Gasteiger partial charge < -0.3 is 14.2 Å². The number of carbonyl (C=O) groups is 1. The highest BCUT2D eigenvalue weighted by Crippen LogP contribution is 2.39. The van der Waals surface area contributed by atoms with E-state index in [0.29, 0.717) is 6.42 Å². The first-order valence-electron chi connectivity index (χ1n) is 4.84. The van der Waals surface area contributed by atoms with Crippen LogP contribution < -0.4 is 0 Å². The standard InChI is InChI=1S/C10H18O4/c1-6-10(8(11)12-5)7(2)13-9(3,4)14-10/h7H,6H2,1-5H3/t7-,10+/m0/s1. The van der Waals surface area contributed by atoms with E-state index in [1.54, 1.807) is 13.8 Å². The molecule has 0 unspecified atom stereocenters. The maximum Gasteiger partial charge on any atom is 0.340 e. The molecule has 1 saturated heterocycles. The van der Waals surface area contributed by atoms with Crippen molar-refractivity contribution >= 4 is 5.97 Å². The molecule has 0 aliphatic carbocycles. The Kier molecular flexibility index (Phi) is 2.88. The highest BCUT2D eigenvalue weighted by atomic mass is 16.8. The number of carbonyl (C=O) groups excluding carboxylic acids is 1. The summed E-state index contributed by atoms with van der Waals surface area (Å²) >= 11 is 0. The van der Waals surface area contributed by atoms with E-state index in [4.69, 9.17) is 14.2 Å². The average molecular weight is 202 g/mol. The first-order chi connectivity index (χ1) is 6.38. The van der Waals surface area contributed by atoms with Crippen LogP contribution in [0, 0.1) is 0 Å². The Morgan fingerprint density at radius 1 is 1.50 bits per heavy atom. The number of hydrogen-bond donors (Lipinski definition) is 0. The van der Waals surface area contributed by atoms with Crippen molar-refractivity contribution in [2.45, 2.75) is 51.6 Å². The zero-order valence-corrected chi connectivity index (χ0v) is 9.42. The Hall–Kier alpha value is -0.610. The van der Waals surface area contributed by atoms with Gasteiger partial charge in [0.2, 0.25) is 0 Å². The molecule has 0 bridgehead atoms. The van der Waals surface area contributed by atoms with Crippen LogP contribution in [0.5, 0.6) is 0 Å². The van der Waals surface area contributed by atoms with Crippen molar-refractivity contribution in [3.05, 3.63) is 0 Å². The Morgan fingerprint density at radius 3 is 2.36 bits per heavy atom. The van der Waals surface area contributed by atoms with Crippen LogP contribution in [0.25, 0.3) is 0 Å². The second-order valence-corrected chi connectivity index (χ2v) is 4.00. The SMILES string of the molecule is CC[C@@]1(C(=O)OC)OC(C)(C)O[C@H]1C. The van der Waals surface area contributed by atoms with Crippen molar-refractivity contribution in [3.8, 4) is 0 Å². The summed E-state index contributed by atoms with van der Waals surface area (Å²) in [6.07, 6.45) is 0.263. The van der Waals surface area contributed by atoms with Gasteiger partial charge in [-0.15, -0.1) is 0 Å². The van der Waals surface area contributed by atoms with Crippen LogP contribution in [0.1, 0.15) is 34.1 Å². The van der Waals surface area contributed by atoms with E-state index in [0.717, 1.165) is 0 Å². The van der Waals surface area contributed by atoms with Gasteiger partial charge in [-0.2, -0.15) is 0 Å². The molecule has 82 valence electrons. The zero-order valence-electron chi connectivity index (χ0n) is 9.42. The van der Waals surface area contributed by atoms with E-state index in [1.807, 2.05) is 13.8 Å². The van der Waals surface area contributed by atoms with Crippen LogP contribution in [-0.2, 0) is 19.0 Å². The molecule has 1 aliphatic heterocycles. The molecule has 4 heteroatoms. The molecule has 2 atom stereocenters. The van der Waals surface area contributed by atoms with E-state index in [1.165, 1.54) is 7.11 Å². The van der Waals surface area contributed by atoms with E-state index in [9.17, 15) is 4.79 Å². The van der Waals surface area contributed by atoms with Crippen LogP contribution >= 0.6 is 0 Å². The van der Waals surface area contributed by atoms with Gasteiger partial charge in [0.1, 0.15) is 0 Å². The summed E-state index contributed by atoms with van der Waals surface area (Å²) in [5, 5.41) is 0. The van der Waals surface area contributed by atoms with Gasteiger partial charge in [-0.1, -0.05) is 6.92 Å². The monoisotopic (exact) mass is 202 g/mol. The minimum absolute atomic E-state index is 0.282. The molecule has 0 amide bonds. The number of ether oxygens (including phenoxy) is 3. The third-order valence-corrected chi connectivity index (χ3v) is 2.60. The maximum atomic E-state index is 11.6. The maximum absolute atomic E-state index is 11.6. The van der Waals surface area contributed by atoms with Crippen LogP contribution in [-0.4, -0.2) is 30.6 Å². The summed E-state index contributed by atoms with van der Waals surface area (Å²) in [5.41, 5.74) is -0.946. The van der Waals surface area contributed by atoms with Crippen LogP contribution in [0.4, 0.5) is 0 Å². The third-order valence-electron chi connectivity index (χ3n) is 2.60. The number of rotatable bonds is 2. The van der Waals surface area contributed by atoms with Crippen molar-refractivity contribution in [1.29, 1.82) is 0 Å². The van der Waals surface area contributed by atoms with Gasteiger partial charge in [0.15, 0.2) is 11.4 Å². The zero-order chi connectivity index (χ0) is 11.0. The van der Waals surface area contributed by atoms with E-state index in [-0.39, 0.29) is 12.1 Å². The van der Waals surface area contributed by atoms with Gasteiger partial charge in [0.05, 0.1) is 13.2 Å². The number of methoxy groups -OCH3 is 1. The van der Waals surface area contributed by atoms with Gasteiger partial charge in [0.25, 0.3) is 0 Å². The second kappa shape index (κ2) is 3.51. The molecule has 4 nitrogen and oxygen atoms in total. The summed E-state index contributed by atoms with van der Waals surface area (Å²) in [4.78, 5) is 11.6. The lowest BCUT2D eigenvalue weighted by atomic mass is 9.95. The van der Waals surface area contributed by atoms with Crippen LogP contribution in [0.3, 0.4) is 0 Å². The molecule has 1 aliphatic rings. The summed E-state index contributed by atoms with van der Waals surface area (Å²) in [6, 6.07) is 0. The van der Waals surface area contributed by atoms with Gasteiger partial charge in [-0.3, -0.25) is 0 Å². The normalized spacial score (nSPS) is 35.6. The lowest BCUT2D eigenvalue weighted by Crippen LogP contribution is -2.47. The van der Waals surface area contributed by atoms with Gasteiger partial charge in [-0.25, -0.2) is 4.79 Å². The van der Waals surface area contributed by atoms with Crippen molar-refractivity contribution in [1.82, 2.24) is 0 Å². The molecule has 1 heterocycles. The minimum Gasteiger partial charge on any atom is -0.467 e. The molecule has 0 spiro atoms. The Bertz CT molecular complexity index is 236. The van der Waals surface area contributed by atoms with Gasteiger partial charge >= 0.3 is 5.97 Å². The Balaban J connectivity index is 2.96. The molecule has 0 radical (unpaired) electrons. The van der Waals surface area contributed by atoms with Gasteiger partial charge in [0, 0.05) is 0 Å². The lowest BCUT2D eigenvalue weighted by Gasteiger charge is -2.27. The lowest BCUT2D eigenvalue weighted by molar-refractivity contribution is -0.188. The van der Waals surface area contributed by atoms with E-state index >= 15 is 0 Å². The number of hydrogen-bond acceptors (Lipinski definition) is 4. The topological polar surface area (TPSA) is 44.8 Å². The minimum atomic E-state index is -0.946. The Labute approximate surface area is 84.5 Å². The summed E-state index contributed by atoms with van der Waals surface area (Å²) in [7, 11) is 1.36. The second-order valence-electron chi connectivity index (χ2n) is 4.00. The first-order valence-corrected chi connectivity index (χ1v) is 4.84. The van der Waals surface area contributed by atoms with Gasteiger partial charge in [-0.05, 0) is 27.2 Å². The molecular formula is C10H18O4. The van der Waals surface area contributed by atoms with Crippen LogP contribution in [0.2, 0.25) is 0 Å². The number of esters is 1. The molecule has 14 heavy (non-hydrogen) atoms. The highest BCUT2D eigenvalue weighted by molar-refractivity contribution is 5.80. The average Bonchev–Trinajstić information content (AvgIpc) is 2.35. The first kappa shape index (κ1) is 11.5.